The van der Waals surface area contributed by atoms with Gasteiger partial charge >= 0.3 is 5.97 Å². The number of methoxy groups -OCH3 is 1. The van der Waals surface area contributed by atoms with E-state index < -0.39 is 17.4 Å². The van der Waals surface area contributed by atoms with Crippen molar-refractivity contribution in [3.05, 3.63) is 41.5 Å². The van der Waals surface area contributed by atoms with Crippen molar-refractivity contribution in [2.45, 2.75) is 19.4 Å². The largest absolute Gasteiger partial charge is 0.467 e. The molecule has 0 spiro atoms. The minimum atomic E-state index is -1.09. The van der Waals surface area contributed by atoms with E-state index >= 15 is 0 Å². The molecule has 0 aliphatic rings. The highest BCUT2D eigenvalue weighted by Crippen LogP contribution is 2.07. The highest BCUT2D eigenvalue weighted by atomic mass is 16.5. The third kappa shape index (κ3) is 4.25. The van der Waals surface area contributed by atoms with E-state index in [2.05, 4.69) is 10.1 Å². The van der Waals surface area contributed by atoms with Crippen molar-refractivity contribution in [1.29, 1.82) is 5.26 Å². The van der Waals surface area contributed by atoms with E-state index in [0.29, 0.717) is 5.56 Å². The molecule has 5 nitrogen and oxygen atoms in total. The molecule has 1 amide bonds. The molecule has 0 bridgehead atoms. The lowest BCUT2D eigenvalue weighted by Crippen LogP contribution is -2.49. The van der Waals surface area contributed by atoms with E-state index in [9.17, 15) is 9.59 Å². The van der Waals surface area contributed by atoms with Crippen LogP contribution in [0.1, 0.15) is 25.0 Å². The second kappa shape index (κ2) is 6.53. The first-order valence-corrected chi connectivity index (χ1v) is 5.98. The number of carbonyl (C=O) groups excluding carboxylic acids is 2. The Labute approximate surface area is 117 Å². The van der Waals surface area contributed by atoms with E-state index in [0.717, 1.165) is 5.56 Å². The number of hydrogen-bond donors (Lipinski definition) is 1. The Balaban J connectivity index is 2.73. The Morgan fingerprint density at radius 1 is 1.40 bits per heavy atom. The predicted molar refractivity (Wildman–Crippen MR) is 74.4 cm³/mol. The Morgan fingerprint density at radius 3 is 2.70 bits per heavy atom. The zero-order valence-corrected chi connectivity index (χ0v) is 11.6. The lowest BCUT2D eigenvalue weighted by molar-refractivity contribution is -0.148. The molecule has 0 radical (unpaired) electrons. The van der Waals surface area contributed by atoms with Crippen LogP contribution < -0.4 is 5.32 Å². The van der Waals surface area contributed by atoms with Crippen molar-refractivity contribution in [1.82, 2.24) is 5.32 Å². The maximum absolute atomic E-state index is 11.7. The van der Waals surface area contributed by atoms with E-state index in [1.54, 1.807) is 44.2 Å². The molecule has 0 saturated heterocycles. The molecule has 104 valence electrons. The van der Waals surface area contributed by atoms with Gasteiger partial charge < -0.3 is 10.1 Å². The molecule has 0 atom stereocenters. The topological polar surface area (TPSA) is 79.2 Å². The summed E-state index contributed by atoms with van der Waals surface area (Å²) in [6.07, 6.45) is 2.88. The number of benzene rings is 1. The highest BCUT2D eigenvalue weighted by molar-refractivity contribution is 5.95. The van der Waals surface area contributed by atoms with Gasteiger partial charge in [0.05, 0.1) is 18.7 Å². The van der Waals surface area contributed by atoms with Crippen LogP contribution in [0, 0.1) is 11.3 Å². The van der Waals surface area contributed by atoms with E-state index in [4.69, 9.17) is 5.26 Å². The maximum Gasteiger partial charge on any atom is 0.330 e. The summed E-state index contributed by atoms with van der Waals surface area (Å²) in [5.74, 6) is -0.937. The molecule has 1 rings (SSSR count). The maximum atomic E-state index is 11.7. The summed E-state index contributed by atoms with van der Waals surface area (Å²) in [5, 5.41) is 11.3. The van der Waals surface area contributed by atoms with Gasteiger partial charge in [-0.3, -0.25) is 4.79 Å². The summed E-state index contributed by atoms with van der Waals surface area (Å²) in [7, 11) is 1.26. The van der Waals surface area contributed by atoms with Crippen molar-refractivity contribution in [2.75, 3.05) is 7.11 Å². The molecular formula is C15H16N2O3. The summed E-state index contributed by atoms with van der Waals surface area (Å²) in [6.45, 7) is 3.11. The predicted octanol–water partition coefficient (Wildman–Crippen LogP) is 1.64. The summed E-state index contributed by atoms with van der Waals surface area (Å²) < 4.78 is 4.60. The molecule has 0 saturated carbocycles. The van der Waals surface area contributed by atoms with Crippen LogP contribution in [0.5, 0.6) is 0 Å². The van der Waals surface area contributed by atoms with Gasteiger partial charge in [-0.2, -0.15) is 5.26 Å². The Morgan fingerprint density at radius 2 is 2.10 bits per heavy atom. The van der Waals surface area contributed by atoms with Gasteiger partial charge in [-0.25, -0.2) is 4.79 Å². The fourth-order valence-corrected chi connectivity index (χ4v) is 1.54. The molecule has 1 aromatic rings. The van der Waals surface area contributed by atoms with Gasteiger partial charge in [-0.1, -0.05) is 12.1 Å². The smallest absolute Gasteiger partial charge is 0.330 e. The molecular weight excluding hydrogens is 256 g/mol. The van der Waals surface area contributed by atoms with Gasteiger partial charge in [0, 0.05) is 6.08 Å². The fraction of sp³-hybridized carbons (Fsp3) is 0.267. The molecule has 0 heterocycles. The number of esters is 1. The second-order valence-electron chi connectivity index (χ2n) is 4.68. The van der Waals surface area contributed by atoms with Crippen molar-refractivity contribution >= 4 is 18.0 Å². The van der Waals surface area contributed by atoms with Crippen LogP contribution in [0.4, 0.5) is 0 Å². The zero-order chi connectivity index (χ0) is 15.2. The van der Waals surface area contributed by atoms with Crippen molar-refractivity contribution < 1.29 is 14.3 Å². The van der Waals surface area contributed by atoms with Crippen LogP contribution >= 0.6 is 0 Å². The number of ether oxygens (including phenoxy) is 1. The van der Waals surface area contributed by atoms with Crippen molar-refractivity contribution in [3.8, 4) is 6.07 Å². The lowest BCUT2D eigenvalue weighted by atomic mass is 10.1. The first kappa shape index (κ1) is 15.4. The first-order chi connectivity index (χ1) is 9.39. The van der Waals surface area contributed by atoms with Gasteiger partial charge in [0.25, 0.3) is 0 Å². The average Bonchev–Trinajstić information content (AvgIpc) is 2.44. The summed E-state index contributed by atoms with van der Waals surface area (Å²) in [5.41, 5.74) is 0.155. The summed E-state index contributed by atoms with van der Waals surface area (Å²) in [6, 6.07) is 8.86. The SMILES string of the molecule is COC(=O)C(C)(C)NC(=O)/C=C\c1cccc(C#N)c1. The fourth-order valence-electron chi connectivity index (χ4n) is 1.54. The number of nitriles is 1. The molecule has 20 heavy (non-hydrogen) atoms. The zero-order valence-electron chi connectivity index (χ0n) is 11.6. The van der Waals surface area contributed by atoms with Crippen LogP contribution in [-0.2, 0) is 14.3 Å². The molecule has 0 aromatic heterocycles. The number of carbonyl (C=O) groups is 2. The molecule has 0 fully saturated rings. The van der Waals surface area contributed by atoms with Crippen LogP contribution in [-0.4, -0.2) is 24.5 Å². The quantitative estimate of drug-likeness (QED) is 0.667. The summed E-state index contributed by atoms with van der Waals surface area (Å²) >= 11 is 0. The molecule has 0 aliphatic carbocycles. The monoisotopic (exact) mass is 272 g/mol. The van der Waals surface area contributed by atoms with Crippen LogP contribution in [0.2, 0.25) is 0 Å². The molecule has 0 unspecified atom stereocenters. The van der Waals surface area contributed by atoms with Gasteiger partial charge in [-0.15, -0.1) is 0 Å². The number of hydrogen-bond acceptors (Lipinski definition) is 4. The Kier molecular flexibility index (Phi) is 5.04. The third-order valence-electron chi connectivity index (χ3n) is 2.57. The van der Waals surface area contributed by atoms with Crippen molar-refractivity contribution in [2.24, 2.45) is 0 Å². The van der Waals surface area contributed by atoms with E-state index in [1.807, 2.05) is 6.07 Å². The Hall–Kier alpha value is -2.61. The van der Waals surface area contributed by atoms with Gasteiger partial charge in [0.2, 0.25) is 5.91 Å². The van der Waals surface area contributed by atoms with Gasteiger partial charge in [0.1, 0.15) is 5.54 Å². The number of rotatable bonds is 4. The van der Waals surface area contributed by atoms with Crippen LogP contribution in [0.25, 0.3) is 6.08 Å². The molecule has 0 aliphatic heterocycles. The average molecular weight is 272 g/mol. The third-order valence-corrected chi connectivity index (χ3v) is 2.57. The Bertz CT molecular complexity index is 583. The first-order valence-electron chi connectivity index (χ1n) is 5.98. The molecule has 1 N–H and O–H groups in total. The minimum absolute atomic E-state index is 0.414. The van der Waals surface area contributed by atoms with Gasteiger partial charge in [-0.05, 0) is 37.6 Å². The second-order valence-corrected chi connectivity index (χ2v) is 4.68. The van der Waals surface area contributed by atoms with E-state index in [-0.39, 0.29) is 0 Å². The number of nitrogens with zero attached hydrogens (tertiary/aromatic N) is 1. The van der Waals surface area contributed by atoms with Crippen LogP contribution in [0.3, 0.4) is 0 Å². The molecule has 1 aromatic carbocycles. The highest BCUT2D eigenvalue weighted by Gasteiger charge is 2.29. The van der Waals surface area contributed by atoms with E-state index in [1.165, 1.54) is 13.2 Å². The lowest BCUT2D eigenvalue weighted by Gasteiger charge is -2.22. The molecule has 5 heteroatoms. The minimum Gasteiger partial charge on any atom is -0.467 e. The number of amides is 1. The normalized spacial score (nSPS) is 10.9. The van der Waals surface area contributed by atoms with Gasteiger partial charge in [0.15, 0.2) is 0 Å². The summed E-state index contributed by atoms with van der Waals surface area (Å²) in [4.78, 5) is 23.2. The number of nitrogens with one attached hydrogen (secondary N) is 1. The van der Waals surface area contributed by atoms with Crippen LogP contribution in [0.15, 0.2) is 30.3 Å². The standard InChI is InChI=1S/C15H16N2O3/c1-15(2,14(19)20-3)17-13(18)8-7-11-5-4-6-12(9-11)10-16/h4-9H,1-3H3,(H,17,18)/b8-7-. The van der Waals surface area contributed by atoms with Crippen molar-refractivity contribution in [3.63, 3.8) is 0 Å².